The standard InChI is InChI=1S/C10H10O/c1-8-4-5-9-3-2-6-11-10(9)7-8/h2-5,7H,6H2,1H3. The molecule has 1 aliphatic rings. The third-order valence-electron chi connectivity index (χ3n) is 1.80. The van der Waals surface area contributed by atoms with Crippen LogP contribution in [0.25, 0.3) is 6.08 Å². The Hall–Kier alpha value is -1.24. The molecule has 0 unspecified atom stereocenters. The summed E-state index contributed by atoms with van der Waals surface area (Å²) < 4.78 is 5.42. The predicted molar refractivity (Wildman–Crippen MR) is 45.7 cm³/mol. The molecule has 0 bridgehead atoms. The minimum absolute atomic E-state index is 0.705. The fourth-order valence-electron chi connectivity index (χ4n) is 1.22. The number of hydrogen-bond donors (Lipinski definition) is 0. The SMILES string of the molecule is Cc1ccc2c(c1)OCC=C2. The molecule has 0 amide bonds. The van der Waals surface area contributed by atoms with Crippen LogP contribution in [0.2, 0.25) is 0 Å². The van der Waals surface area contributed by atoms with Gasteiger partial charge in [-0.05, 0) is 24.6 Å². The van der Waals surface area contributed by atoms with Crippen LogP contribution in [-0.4, -0.2) is 6.61 Å². The molecule has 0 N–H and O–H groups in total. The lowest BCUT2D eigenvalue weighted by atomic mass is 10.1. The first-order valence-electron chi connectivity index (χ1n) is 3.76. The van der Waals surface area contributed by atoms with Crippen LogP contribution in [0.5, 0.6) is 5.75 Å². The van der Waals surface area contributed by atoms with E-state index in [9.17, 15) is 0 Å². The van der Waals surface area contributed by atoms with Crippen molar-refractivity contribution >= 4 is 6.08 Å². The zero-order valence-corrected chi connectivity index (χ0v) is 6.50. The average molecular weight is 146 g/mol. The zero-order valence-electron chi connectivity index (χ0n) is 6.50. The Morgan fingerprint density at radius 3 is 3.18 bits per heavy atom. The minimum atomic E-state index is 0.705. The van der Waals surface area contributed by atoms with Gasteiger partial charge in [-0.3, -0.25) is 0 Å². The molecule has 11 heavy (non-hydrogen) atoms. The first-order valence-corrected chi connectivity index (χ1v) is 3.76. The summed E-state index contributed by atoms with van der Waals surface area (Å²) in [6.07, 6.45) is 4.12. The third-order valence-corrected chi connectivity index (χ3v) is 1.80. The molecule has 0 aliphatic carbocycles. The van der Waals surface area contributed by atoms with Crippen LogP contribution in [-0.2, 0) is 0 Å². The lowest BCUT2D eigenvalue weighted by Crippen LogP contribution is -1.99. The van der Waals surface area contributed by atoms with Gasteiger partial charge in [0, 0.05) is 5.56 Å². The molecule has 0 aromatic heterocycles. The number of hydrogen-bond acceptors (Lipinski definition) is 1. The van der Waals surface area contributed by atoms with Gasteiger partial charge in [-0.1, -0.05) is 18.2 Å². The number of ether oxygens (including phenoxy) is 1. The van der Waals surface area contributed by atoms with E-state index in [1.54, 1.807) is 0 Å². The normalized spacial score (nSPS) is 13.9. The molecule has 1 aromatic rings. The van der Waals surface area contributed by atoms with E-state index in [4.69, 9.17) is 4.74 Å². The smallest absolute Gasteiger partial charge is 0.127 e. The highest BCUT2D eigenvalue weighted by atomic mass is 16.5. The van der Waals surface area contributed by atoms with Crippen molar-refractivity contribution in [1.82, 2.24) is 0 Å². The Labute approximate surface area is 66.3 Å². The molecule has 0 fully saturated rings. The van der Waals surface area contributed by atoms with Crippen LogP contribution >= 0.6 is 0 Å². The van der Waals surface area contributed by atoms with Crippen molar-refractivity contribution in [2.24, 2.45) is 0 Å². The molecule has 1 aliphatic heterocycles. The van der Waals surface area contributed by atoms with Crippen molar-refractivity contribution in [3.63, 3.8) is 0 Å². The summed E-state index contributed by atoms with van der Waals surface area (Å²) in [5, 5.41) is 0. The van der Waals surface area contributed by atoms with Gasteiger partial charge < -0.3 is 4.74 Å². The third kappa shape index (κ3) is 1.14. The summed E-state index contributed by atoms with van der Waals surface area (Å²) in [4.78, 5) is 0. The molecule has 0 spiro atoms. The molecule has 1 heteroatoms. The van der Waals surface area contributed by atoms with E-state index in [0.29, 0.717) is 6.61 Å². The highest BCUT2D eigenvalue weighted by molar-refractivity contribution is 5.59. The molecule has 1 aromatic carbocycles. The van der Waals surface area contributed by atoms with Crippen molar-refractivity contribution in [2.75, 3.05) is 6.61 Å². The lowest BCUT2D eigenvalue weighted by Gasteiger charge is -2.11. The van der Waals surface area contributed by atoms with Crippen molar-refractivity contribution in [2.45, 2.75) is 6.92 Å². The maximum Gasteiger partial charge on any atom is 0.127 e. The van der Waals surface area contributed by atoms with E-state index >= 15 is 0 Å². The highest BCUT2D eigenvalue weighted by Gasteiger charge is 2.03. The van der Waals surface area contributed by atoms with Crippen molar-refractivity contribution in [1.29, 1.82) is 0 Å². The fraction of sp³-hybridized carbons (Fsp3) is 0.200. The molecular weight excluding hydrogens is 136 g/mol. The van der Waals surface area contributed by atoms with Crippen LogP contribution in [0.15, 0.2) is 24.3 Å². The Kier molecular flexibility index (Phi) is 1.42. The quantitative estimate of drug-likeness (QED) is 0.546. The summed E-state index contributed by atoms with van der Waals surface area (Å²) in [6, 6.07) is 6.25. The van der Waals surface area contributed by atoms with Gasteiger partial charge in [0.1, 0.15) is 12.4 Å². The molecule has 2 rings (SSSR count). The van der Waals surface area contributed by atoms with Gasteiger partial charge in [-0.15, -0.1) is 0 Å². The minimum Gasteiger partial charge on any atom is -0.489 e. The summed E-state index contributed by atoms with van der Waals surface area (Å²) in [5.41, 5.74) is 2.43. The molecule has 1 nitrogen and oxygen atoms in total. The van der Waals surface area contributed by atoms with Gasteiger partial charge in [0.2, 0.25) is 0 Å². The Balaban J connectivity index is 2.53. The largest absolute Gasteiger partial charge is 0.489 e. The molecule has 1 heterocycles. The van der Waals surface area contributed by atoms with Crippen LogP contribution in [0.3, 0.4) is 0 Å². The van der Waals surface area contributed by atoms with E-state index < -0.39 is 0 Å². The molecule has 0 saturated carbocycles. The van der Waals surface area contributed by atoms with Gasteiger partial charge in [0.05, 0.1) is 0 Å². The topological polar surface area (TPSA) is 9.23 Å². The Morgan fingerprint density at radius 2 is 2.27 bits per heavy atom. The molecule has 0 atom stereocenters. The van der Waals surface area contributed by atoms with Gasteiger partial charge in [0.25, 0.3) is 0 Å². The van der Waals surface area contributed by atoms with Crippen LogP contribution in [0.1, 0.15) is 11.1 Å². The van der Waals surface area contributed by atoms with Crippen molar-refractivity contribution in [3.05, 3.63) is 35.4 Å². The van der Waals surface area contributed by atoms with E-state index in [1.165, 1.54) is 11.1 Å². The summed E-state index contributed by atoms with van der Waals surface area (Å²) in [5.74, 6) is 1.01. The maximum absolute atomic E-state index is 5.42. The monoisotopic (exact) mass is 146 g/mol. The average Bonchev–Trinajstić information content (AvgIpc) is 2.04. The number of benzene rings is 1. The summed E-state index contributed by atoms with van der Waals surface area (Å²) in [6.45, 7) is 2.78. The van der Waals surface area contributed by atoms with Gasteiger partial charge in [0.15, 0.2) is 0 Å². The Bertz CT molecular complexity index is 300. The molecular formula is C10H10O. The first-order chi connectivity index (χ1) is 5.36. The predicted octanol–water partition coefficient (Wildman–Crippen LogP) is 2.40. The zero-order chi connectivity index (χ0) is 7.68. The van der Waals surface area contributed by atoms with Crippen LogP contribution in [0, 0.1) is 6.92 Å². The van der Waals surface area contributed by atoms with Crippen molar-refractivity contribution < 1.29 is 4.74 Å². The Morgan fingerprint density at radius 1 is 1.36 bits per heavy atom. The van der Waals surface area contributed by atoms with E-state index in [1.807, 2.05) is 6.08 Å². The lowest BCUT2D eigenvalue weighted by molar-refractivity contribution is 0.358. The fourth-order valence-corrected chi connectivity index (χ4v) is 1.22. The second kappa shape index (κ2) is 2.42. The molecule has 56 valence electrons. The number of fused-ring (bicyclic) bond motifs is 1. The highest BCUT2D eigenvalue weighted by Crippen LogP contribution is 2.24. The number of rotatable bonds is 0. The van der Waals surface area contributed by atoms with Crippen molar-refractivity contribution in [3.8, 4) is 5.75 Å². The second-order valence-corrected chi connectivity index (χ2v) is 2.75. The van der Waals surface area contributed by atoms with E-state index in [0.717, 1.165) is 5.75 Å². The maximum atomic E-state index is 5.42. The summed E-state index contributed by atoms with van der Waals surface area (Å²) in [7, 11) is 0. The van der Waals surface area contributed by atoms with E-state index in [-0.39, 0.29) is 0 Å². The molecule has 0 saturated heterocycles. The van der Waals surface area contributed by atoms with Crippen LogP contribution in [0.4, 0.5) is 0 Å². The van der Waals surface area contributed by atoms with Gasteiger partial charge >= 0.3 is 0 Å². The first kappa shape index (κ1) is 6.47. The second-order valence-electron chi connectivity index (χ2n) is 2.75. The van der Waals surface area contributed by atoms with E-state index in [2.05, 4.69) is 31.2 Å². The molecule has 0 radical (unpaired) electrons. The number of aryl methyl sites for hydroxylation is 1. The van der Waals surface area contributed by atoms with Gasteiger partial charge in [-0.25, -0.2) is 0 Å². The summed E-state index contributed by atoms with van der Waals surface area (Å²) >= 11 is 0. The van der Waals surface area contributed by atoms with Gasteiger partial charge in [-0.2, -0.15) is 0 Å². The van der Waals surface area contributed by atoms with Crippen LogP contribution < -0.4 is 4.74 Å².